The molecule has 0 spiro atoms. The molecule has 0 aromatic heterocycles. The quantitative estimate of drug-likeness (QED) is 0.0207. The van der Waals surface area contributed by atoms with E-state index in [4.69, 9.17) is 28.7 Å². The first-order valence-corrected chi connectivity index (χ1v) is 19.4. The Kier molecular flexibility index (Phi) is 25.1. The SMILES string of the molecule is CC(C)C[C@H](NC(=O)[C@@H](NC(=O)[C@H](C)NC(=O)[C@H](CCCN=C(N)N)NC(=O)[C@H](CCCCN)NC(=O)CNC(=O)CNC(=O)[C@@H](N)CC(C)C)C(C)C)C(N)=O. The summed E-state index contributed by atoms with van der Waals surface area (Å²) in [7, 11) is 0. The molecule has 21 heteroatoms. The van der Waals surface area contributed by atoms with E-state index in [-0.39, 0.29) is 43.6 Å². The monoisotopic (exact) mass is 812 g/mol. The van der Waals surface area contributed by atoms with Crippen molar-refractivity contribution < 1.29 is 38.4 Å². The average Bonchev–Trinajstić information content (AvgIpc) is 3.11. The molecule has 17 N–H and O–H groups in total. The number of nitrogens with zero attached hydrogens (tertiary/aromatic N) is 1. The number of hydrogen-bond donors (Lipinski definition) is 12. The zero-order valence-electron chi connectivity index (χ0n) is 34.6. The van der Waals surface area contributed by atoms with Crippen LogP contribution in [0.5, 0.6) is 0 Å². The van der Waals surface area contributed by atoms with Crippen LogP contribution in [0.2, 0.25) is 0 Å². The first kappa shape index (κ1) is 51.9. The van der Waals surface area contributed by atoms with Gasteiger partial charge >= 0.3 is 0 Å². The molecule has 0 unspecified atom stereocenters. The van der Waals surface area contributed by atoms with Gasteiger partial charge in [0.25, 0.3) is 0 Å². The van der Waals surface area contributed by atoms with Crippen molar-refractivity contribution in [2.24, 2.45) is 51.4 Å². The van der Waals surface area contributed by atoms with E-state index < -0.39 is 103 Å². The molecule has 0 aliphatic carbocycles. The second-order valence-electron chi connectivity index (χ2n) is 15.2. The fraction of sp³-hybridized carbons (Fsp3) is 0.750. The highest BCUT2D eigenvalue weighted by Gasteiger charge is 2.32. The molecule has 8 amide bonds. The van der Waals surface area contributed by atoms with E-state index in [2.05, 4.69) is 42.2 Å². The van der Waals surface area contributed by atoms with Crippen molar-refractivity contribution in [1.29, 1.82) is 0 Å². The van der Waals surface area contributed by atoms with Gasteiger partial charge in [0.2, 0.25) is 47.3 Å². The number of amides is 8. The normalized spacial score (nSPS) is 14.2. The largest absolute Gasteiger partial charge is 0.370 e. The molecular weight excluding hydrogens is 742 g/mol. The first-order valence-electron chi connectivity index (χ1n) is 19.4. The Morgan fingerprint density at radius 1 is 0.561 bits per heavy atom. The predicted octanol–water partition coefficient (Wildman–Crippen LogP) is -3.59. The van der Waals surface area contributed by atoms with E-state index in [9.17, 15) is 38.4 Å². The Morgan fingerprint density at radius 3 is 1.65 bits per heavy atom. The van der Waals surface area contributed by atoms with Crippen LogP contribution in [0.15, 0.2) is 4.99 Å². The fourth-order valence-corrected chi connectivity index (χ4v) is 5.38. The summed E-state index contributed by atoms with van der Waals surface area (Å²) >= 11 is 0. The van der Waals surface area contributed by atoms with E-state index in [0.29, 0.717) is 32.2 Å². The van der Waals surface area contributed by atoms with Gasteiger partial charge in [0, 0.05) is 6.54 Å². The summed E-state index contributed by atoms with van der Waals surface area (Å²) in [6.07, 6.45) is 2.09. The van der Waals surface area contributed by atoms with Gasteiger partial charge in [-0.25, -0.2) is 0 Å². The molecule has 326 valence electrons. The van der Waals surface area contributed by atoms with Gasteiger partial charge in [-0.15, -0.1) is 0 Å². The summed E-state index contributed by atoms with van der Waals surface area (Å²) < 4.78 is 0. The van der Waals surface area contributed by atoms with Crippen LogP contribution in [0.25, 0.3) is 0 Å². The van der Waals surface area contributed by atoms with Gasteiger partial charge in [0.05, 0.1) is 19.1 Å². The van der Waals surface area contributed by atoms with E-state index in [1.54, 1.807) is 13.8 Å². The topological polar surface area (TPSA) is 363 Å². The summed E-state index contributed by atoms with van der Waals surface area (Å²) in [6, 6.07) is -6.37. The zero-order valence-corrected chi connectivity index (χ0v) is 34.6. The van der Waals surface area contributed by atoms with E-state index in [1.807, 2.05) is 27.7 Å². The van der Waals surface area contributed by atoms with Gasteiger partial charge < -0.3 is 65.9 Å². The molecule has 21 nitrogen and oxygen atoms in total. The van der Waals surface area contributed by atoms with Crippen molar-refractivity contribution >= 4 is 53.2 Å². The fourth-order valence-electron chi connectivity index (χ4n) is 5.38. The number of primary amides is 1. The molecule has 0 aliphatic rings. The Hall–Kier alpha value is -5.05. The number of carbonyl (C=O) groups excluding carboxylic acids is 8. The minimum absolute atomic E-state index is 0.0240. The molecule has 57 heavy (non-hydrogen) atoms. The second-order valence-corrected chi connectivity index (χ2v) is 15.2. The molecule has 0 aromatic carbocycles. The lowest BCUT2D eigenvalue weighted by Gasteiger charge is -2.27. The number of nitrogens with one attached hydrogen (secondary N) is 7. The molecule has 0 bridgehead atoms. The number of unbranched alkanes of at least 4 members (excludes halogenated alkanes) is 1. The summed E-state index contributed by atoms with van der Waals surface area (Å²) in [4.78, 5) is 107. The maximum Gasteiger partial charge on any atom is 0.243 e. The van der Waals surface area contributed by atoms with E-state index in [1.165, 1.54) is 6.92 Å². The first-order chi connectivity index (χ1) is 26.6. The number of nitrogens with two attached hydrogens (primary N) is 5. The smallest absolute Gasteiger partial charge is 0.243 e. The van der Waals surface area contributed by atoms with Gasteiger partial charge in [-0.05, 0) is 76.2 Å². The lowest BCUT2D eigenvalue weighted by molar-refractivity contribution is -0.135. The lowest BCUT2D eigenvalue weighted by Crippen LogP contribution is -2.59. The third-order valence-corrected chi connectivity index (χ3v) is 8.47. The van der Waals surface area contributed by atoms with Crippen LogP contribution in [-0.4, -0.2) is 116 Å². The Morgan fingerprint density at radius 2 is 1.11 bits per heavy atom. The highest BCUT2D eigenvalue weighted by Crippen LogP contribution is 2.09. The molecule has 0 saturated carbocycles. The second kappa shape index (κ2) is 27.5. The standard InChI is InChI=1S/C36H69N13O8/c1-19(2)15-23(38)32(54)44-17-27(50)43-18-28(51)46-24(11-8-9-13-37)34(56)47-25(12-10-14-42-36(40)41)33(55)45-22(7)31(53)49-29(21(5)6)35(57)48-26(30(39)52)16-20(3)4/h19-26,29H,8-18,37-38H2,1-7H3,(H2,39,52)(H,43,50)(H,44,54)(H,45,55)(H,46,51)(H,47,56)(H,48,57)(H,49,53)(H4,40,41,42)/t22-,23-,24-,25-,26-,29-/m0/s1. The van der Waals surface area contributed by atoms with Crippen molar-refractivity contribution in [2.45, 2.75) is 130 Å². The lowest BCUT2D eigenvalue weighted by atomic mass is 10.00. The van der Waals surface area contributed by atoms with Crippen LogP contribution < -0.4 is 65.9 Å². The number of hydrogen-bond acceptors (Lipinski definition) is 11. The zero-order chi connectivity index (χ0) is 43.8. The molecule has 0 heterocycles. The van der Waals surface area contributed by atoms with Crippen molar-refractivity contribution in [3.05, 3.63) is 0 Å². The summed E-state index contributed by atoms with van der Waals surface area (Å²) in [6.45, 7) is 11.8. The number of carbonyl (C=O) groups is 8. The predicted molar refractivity (Wildman–Crippen MR) is 215 cm³/mol. The van der Waals surface area contributed by atoms with E-state index in [0.717, 1.165) is 0 Å². The van der Waals surface area contributed by atoms with Gasteiger partial charge in [0.1, 0.15) is 30.2 Å². The molecule has 0 saturated heterocycles. The van der Waals surface area contributed by atoms with Crippen molar-refractivity contribution in [1.82, 2.24) is 37.2 Å². The highest BCUT2D eigenvalue weighted by molar-refractivity contribution is 5.96. The Bertz CT molecular complexity index is 1370. The summed E-state index contributed by atoms with van der Waals surface area (Å²) in [5.74, 6) is -5.76. The summed E-state index contributed by atoms with van der Waals surface area (Å²) in [5.41, 5.74) is 27.8. The van der Waals surface area contributed by atoms with Crippen LogP contribution >= 0.6 is 0 Å². The molecule has 0 aliphatic heterocycles. The summed E-state index contributed by atoms with van der Waals surface area (Å²) in [5, 5.41) is 17.8. The van der Waals surface area contributed by atoms with Gasteiger partial charge in [-0.1, -0.05) is 41.5 Å². The Labute approximate surface area is 335 Å². The molecule has 0 rings (SSSR count). The maximum atomic E-state index is 13.6. The van der Waals surface area contributed by atoms with Crippen LogP contribution in [0, 0.1) is 17.8 Å². The van der Waals surface area contributed by atoms with Gasteiger partial charge in [0.15, 0.2) is 5.96 Å². The molecule has 0 aromatic rings. The van der Waals surface area contributed by atoms with Crippen LogP contribution in [0.4, 0.5) is 0 Å². The maximum absolute atomic E-state index is 13.6. The number of guanidine groups is 1. The average molecular weight is 812 g/mol. The minimum Gasteiger partial charge on any atom is -0.370 e. The Balaban J connectivity index is 5.81. The van der Waals surface area contributed by atoms with Crippen molar-refractivity contribution in [2.75, 3.05) is 26.2 Å². The molecule has 0 radical (unpaired) electrons. The highest BCUT2D eigenvalue weighted by atomic mass is 16.2. The number of rotatable bonds is 28. The number of aliphatic imine (C=N–C) groups is 1. The van der Waals surface area contributed by atoms with Gasteiger partial charge in [-0.3, -0.25) is 43.3 Å². The molecular formula is C36H69N13O8. The van der Waals surface area contributed by atoms with Gasteiger partial charge in [-0.2, -0.15) is 0 Å². The third-order valence-electron chi connectivity index (χ3n) is 8.47. The minimum atomic E-state index is -1.22. The third kappa shape index (κ3) is 22.9. The van der Waals surface area contributed by atoms with Crippen LogP contribution in [0.1, 0.15) is 93.4 Å². The van der Waals surface area contributed by atoms with Crippen LogP contribution in [-0.2, 0) is 38.4 Å². The molecule has 6 atom stereocenters. The van der Waals surface area contributed by atoms with Crippen molar-refractivity contribution in [3.63, 3.8) is 0 Å². The van der Waals surface area contributed by atoms with Crippen molar-refractivity contribution in [3.8, 4) is 0 Å². The molecule has 0 fully saturated rings. The van der Waals surface area contributed by atoms with E-state index >= 15 is 0 Å². The van der Waals surface area contributed by atoms with Crippen LogP contribution in [0.3, 0.4) is 0 Å².